The van der Waals surface area contributed by atoms with Crippen molar-refractivity contribution in [1.82, 2.24) is 15.3 Å². The number of alkyl halides is 1. The van der Waals surface area contributed by atoms with Crippen molar-refractivity contribution in [2.75, 3.05) is 17.8 Å². The number of nitrogens with one attached hydrogen (secondary N) is 2. The molecule has 1 aromatic heterocycles. The number of ether oxygens (including phenoxy) is 1. The lowest BCUT2D eigenvalue weighted by molar-refractivity contribution is 0.102. The summed E-state index contributed by atoms with van der Waals surface area (Å²) < 4.78 is 19.5. The lowest BCUT2D eigenvalue weighted by Gasteiger charge is -2.12. The molecule has 0 bridgehead atoms. The Morgan fingerprint density at radius 3 is 2.75 bits per heavy atom. The Kier molecular flexibility index (Phi) is 9.56. The molecule has 166 valence electrons. The van der Waals surface area contributed by atoms with Crippen LogP contribution in [0.15, 0.2) is 66.9 Å². The summed E-state index contributed by atoms with van der Waals surface area (Å²) in [6, 6.07) is 4.16. The van der Waals surface area contributed by atoms with Gasteiger partial charge in [0.1, 0.15) is 17.3 Å². The quantitative estimate of drug-likeness (QED) is 0.259. The standard InChI is InChI=1S/C22H22ClFN6O2/c1-2-3-6-18(21(25)26)27-12-15-11-16(7-8-17(15)24)30-22(31)19-13-29-20(14-28-19)32-10-5-4-9-23/h2-3,6-8,11,13-14,27H,1,9-10,12,25-26H2,(H,30,31)/b6-3-. The van der Waals surface area contributed by atoms with Crippen LogP contribution in [0, 0.1) is 17.7 Å². The average molecular weight is 457 g/mol. The fraction of sp³-hybridized carbons (Fsp3) is 0.136. The number of aromatic nitrogens is 2. The maximum Gasteiger partial charge on any atom is 0.275 e. The number of nitrogens with two attached hydrogens (primary N) is 2. The van der Waals surface area contributed by atoms with Gasteiger partial charge in [-0.1, -0.05) is 30.6 Å². The smallest absolute Gasteiger partial charge is 0.275 e. The van der Waals surface area contributed by atoms with E-state index < -0.39 is 11.7 Å². The van der Waals surface area contributed by atoms with E-state index in [1.807, 2.05) is 0 Å². The third-order valence-corrected chi connectivity index (χ3v) is 3.96. The summed E-state index contributed by atoms with van der Waals surface area (Å²) in [6.07, 6.45) is 7.37. The molecule has 0 saturated carbocycles. The van der Waals surface area contributed by atoms with E-state index in [-0.39, 0.29) is 36.4 Å². The minimum Gasteiger partial charge on any atom is -0.463 e. The van der Waals surface area contributed by atoms with Crippen LogP contribution in [0.1, 0.15) is 16.1 Å². The molecule has 0 aliphatic rings. The summed E-state index contributed by atoms with van der Waals surface area (Å²) >= 11 is 5.44. The van der Waals surface area contributed by atoms with Crippen LogP contribution in [-0.2, 0) is 6.54 Å². The van der Waals surface area contributed by atoms with Crippen LogP contribution in [0.5, 0.6) is 5.88 Å². The maximum atomic E-state index is 14.2. The molecule has 0 radical (unpaired) electrons. The first-order valence-corrected chi connectivity index (χ1v) is 9.82. The number of amides is 1. The van der Waals surface area contributed by atoms with Crippen molar-refractivity contribution in [3.63, 3.8) is 0 Å². The van der Waals surface area contributed by atoms with Crippen LogP contribution in [-0.4, -0.2) is 28.4 Å². The normalized spacial score (nSPS) is 10.1. The predicted molar refractivity (Wildman–Crippen MR) is 122 cm³/mol. The molecule has 0 saturated heterocycles. The molecule has 10 heteroatoms. The summed E-state index contributed by atoms with van der Waals surface area (Å²) in [5.41, 5.74) is 12.4. The van der Waals surface area contributed by atoms with Crippen molar-refractivity contribution < 1.29 is 13.9 Å². The SMILES string of the molecule is C=C/C=C\C(NCc1cc(NC(=O)c2cnc(OCC#CCCl)cn2)ccc1F)=C(N)N. The summed E-state index contributed by atoms with van der Waals surface area (Å²) in [6.45, 7) is 3.76. The molecular formula is C22H22ClFN6O2. The number of carbonyl (C=O) groups excluding carboxylic acids is 1. The third kappa shape index (κ3) is 7.66. The van der Waals surface area contributed by atoms with Crippen LogP contribution in [0.2, 0.25) is 0 Å². The van der Waals surface area contributed by atoms with Crippen LogP contribution >= 0.6 is 11.6 Å². The largest absolute Gasteiger partial charge is 0.463 e. The number of hydrogen-bond acceptors (Lipinski definition) is 7. The number of halogens is 2. The van der Waals surface area contributed by atoms with Crippen molar-refractivity contribution in [3.05, 3.63) is 84.0 Å². The van der Waals surface area contributed by atoms with Crippen LogP contribution in [0.3, 0.4) is 0 Å². The summed E-state index contributed by atoms with van der Waals surface area (Å²) in [5, 5.41) is 5.59. The van der Waals surface area contributed by atoms with Gasteiger partial charge in [0.15, 0.2) is 6.61 Å². The molecule has 2 rings (SSSR count). The van der Waals surface area contributed by atoms with Crippen molar-refractivity contribution >= 4 is 23.2 Å². The van der Waals surface area contributed by atoms with Crippen molar-refractivity contribution in [2.45, 2.75) is 6.54 Å². The molecule has 0 fully saturated rings. The van der Waals surface area contributed by atoms with Gasteiger partial charge in [-0.2, -0.15) is 0 Å². The fourth-order valence-electron chi connectivity index (χ4n) is 2.31. The maximum absolute atomic E-state index is 14.2. The van der Waals surface area contributed by atoms with Crippen molar-refractivity contribution in [1.29, 1.82) is 0 Å². The van der Waals surface area contributed by atoms with Crippen molar-refractivity contribution in [2.24, 2.45) is 11.5 Å². The van der Waals surface area contributed by atoms with E-state index in [4.69, 9.17) is 27.8 Å². The van der Waals surface area contributed by atoms with E-state index in [0.29, 0.717) is 16.9 Å². The van der Waals surface area contributed by atoms with Gasteiger partial charge in [-0.3, -0.25) is 4.79 Å². The number of hydrogen-bond donors (Lipinski definition) is 4. The van der Waals surface area contributed by atoms with Crippen LogP contribution in [0.4, 0.5) is 10.1 Å². The molecule has 6 N–H and O–H groups in total. The highest BCUT2D eigenvalue weighted by atomic mass is 35.5. The lowest BCUT2D eigenvalue weighted by atomic mass is 10.1. The minimum atomic E-state index is -0.516. The highest BCUT2D eigenvalue weighted by Gasteiger charge is 2.11. The molecule has 0 unspecified atom stereocenters. The first kappa shape index (κ1) is 24.2. The van der Waals surface area contributed by atoms with Gasteiger partial charge in [-0.15, -0.1) is 11.6 Å². The predicted octanol–water partition coefficient (Wildman–Crippen LogP) is 2.41. The first-order valence-electron chi connectivity index (χ1n) is 9.29. The lowest BCUT2D eigenvalue weighted by Crippen LogP contribution is -2.22. The molecule has 0 aliphatic carbocycles. The molecule has 1 heterocycles. The van der Waals surface area contributed by atoms with E-state index in [1.165, 1.54) is 30.6 Å². The number of benzene rings is 1. The van der Waals surface area contributed by atoms with Gasteiger partial charge in [-0.05, 0) is 24.3 Å². The molecule has 1 aromatic carbocycles. The van der Waals surface area contributed by atoms with Crippen LogP contribution in [0.25, 0.3) is 0 Å². The van der Waals surface area contributed by atoms with Gasteiger partial charge in [0.25, 0.3) is 5.91 Å². The van der Waals surface area contributed by atoms with E-state index >= 15 is 0 Å². The zero-order valence-corrected chi connectivity index (χ0v) is 17.8. The number of anilines is 1. The van der Waals surface area contributed by atoms with Crippen molar-refractivity contribution in [3.8, 4) is 17.7 Å². The van der Waals surface area contributed by atoms with Gasteiger partial charge in [0.05, 0.1) is 24.0 Å². The Labute approximate surface area is 190 Å². The second kappa shape index (κ2) is 12.6. The monoisotopic (exact) mass is 456 g/mol. The molecule has 0 atom stereocenters. The van der Waals surface area contributed by atoms with Crippen LogP contribution < -0.4 is 26.8 Å². The summed E-state index contributed by atoms with van der Waals surface area (Å²) in [7, 11) is 0. The number of nitrogens with zero attached hydrogens (tertiary/aromatic N) is 2. The van der Waals surface area contributed by atoms with Gasteiger partial charge >= 0.3 is 0 Å². The third-order valence-electron chi connectivity index (χ3n) is 3.83. The molecule has 32 heavy (non-hydrogen) atoms. The highest BCUT2D eigenvalue weighted by molar-refractivity contribution is 6.19. The van der Waals surface area contributed by atoms with Gasteiger partial charge in [-0.25, -0.2) is 14.4 Å². The fourth-order valence-corrected chi connectivity index (χ4v) is 2.41. The molecule has 0 aliphatic heterocycles. The molecule has 2 aromatic rings. The van der Waals surface area contributed by atoms with E-state index in [1.54, 1.807) is 18.2 Å². The Morgan fingerprint density at radius 2 is 2.09 bits per heavy atom. The zero-order valence-electron chi connectivity index (χ0n) is 17.1. The molecule has 1 amide bonds. The molecular weight excluding hydrogens is 435 g/mol. The topological polar surface area (TPSA) is 128 Å². The van der Waals surface area contributed by atoms with Gasteiger partial charge < -0.3 is 26.8 Å². The Morgan fingerprint density at radius 1 is 1.28 bits per heavy atom. The second-order valence-electron chi connectivity index (χ2n) is 6.09. The molecule has 0 spiro atoms. The van der Waals surface area contributed by atoms with E-state index in [9.17, 15) is 9.18 Å². The number of allylic oxidation sites excluding steroid dienone is 3. The van der Waals surface area contributed by atoms with E-state index in [2.05, 4.69) is 39.0 Å². The van der Waals surface area contributed by atoms with Gasteiger partial charge in [0.2, 0.25) is 5.88 Å². The number of carbonyl (C=O) groups is 1. The average Bonchev–Trinajstić information content (AvgIpc) is 2.78. The molecule has 8 nitrogen and oxygen atoms in total. The minimum absolute atomic E-state index is 0.0464. The second-order valence-corrected chi connectivity index (χ2v) is 6.36. The number of rotatable bonds is 9. The highest BCUT2D eigenvalue weighted by Crippen LogP contribution is 2.16. The Hall–Kier alpha value is -4.03. The summed E-state index contributed by atoms with van der Waals surface area (Å²) in [5.74, 6) is 4.82. The zero-order chi connectivity index (χ0) is 23.3. The Bertz CT molecular complexity index is 1070. The first-order chi connectivity index (χ1) is 15.4. The van der Waals surface area contributed by atoms with Gasteiger partial charge in [0, 0.05) is 17.8 Å². The summed E-state index contributed by atoms with van der Waals surface area (Å²) in [4.78, 5) is 20.4. The van der Waals surface area contributed by atoms with E-state index in [0.717, 1.165) is 0 Å². The Balaban J connectivity index is 2.03.